The molecule has 0 atom stereocenters. The predicted molar refractivity (Wildman–Crippen MR) is 129 cm³/mol. The van der Waals surface area contributed by atoms with Crippen molar-refractivity contribution < 1.29 is 4.74 Å². The van der Waals surface area contributed by atoms with Gasteiger partial charge >= 0.3 is 0 Å². The highest BCUT2D eigenvalue weighted by Gasteiger charge is 2.30. The second kappa shape index (κ2) is 8.70. The van der Waals surface area contributed by atoms with E-state index in [9.17, 15) is 0 Å². The van der Waals surface area contributed by atoms with Crippen molar-refractivity contribution in [1.82, 2.24) is 14.6 Å². The van der Waals surface area contributed by atoms with E-state index in [1.807, 2.05) is 6.07 Å². The summed E-state index contributed by atoms with van der Waals surface area (Å²) in [6.45, 7) is 8.77. The van der Waals surface area contributed by atoms with Crippen LogP contribution < -0.4 is 9.64 Å². The summed E-state index contributed by atoms with van der Waals surface area (Å²) in [5.74, 6) is 3.04. The molecule has 0 unspecified atom stereocenters. The van der Waals surface area contributed by atoms with Crippen LogP contribution in [0.1, 0.15) is 55.1 Å². The molecule has 1 fully saturated rings. The van der Waals surface area contributed by atoms with Crippen LogP contribution in [-0.4, -0.2) is 34.8 Å². The van der Waals surface area contributed by atoms with E-state index in [4.69, 9.17) is 14.8 Å². The van der Waals surface area contributed by atoms with Gasteiger partial charge in [0, 0.05) is 29.9 Å². The molecular weight excluding hydrogens is 408 g/mol. The third-order valence-corrected chi connectivity index (χ3v) is 6.61. The van der Waals surface area contributed by atoms with Crippen LogP contribution in [0.4, 0.5) is 5.82 Å². The van der Waals surface area contributed by atoms with Gasteiger partial charge in [0.05, 0.1) is 12.8 Å². The number of methoxy groups -OCH3 is 1. The van der Waals surface area contributed by atoms with Crippen molar-refractivity contribution in [1.29, 1.82) is 0 Å². The highest BCUT2D eigenvalue weighted by atomic mass is 35.5. The Morgan fingerprint density at radius 2 is 2.00 bits per heavy atom. The summed E-state index contributed by atoms with van der Waals surface area (Å²) < 4.78 is 7.59. The first kappa shape index (κ1) is 21.9. The molecule has 0 spiro atoms. The molecule has 1 aromatic carbocycles. The lowest BCUT2D eigenvalue weighted by Crippen LogP contribution is -2.30. The van der Waals surface area contributed by atoms with Crippen LogP contribution in [0.2, 0.25) is 0 Å². The first-order valence-electron chi connectivity index (χ1n) is 11.4. The first-order chi connectivity index (χ1) is 14.6. The molecule has 1 saturated carbocycles. The monoisotopic (exact) mass is 440 g/mol. The first-order valence-corrected chi connectivity index (χ1v) is 11.4. The summed E-state index contributed by atoms with van der Waals surface area (Å²) in [5, 5.41) is 5.06. The summed E-state index contributed by atoms with van der Waals surface area (Å²) in [7, 11) is 1.72. The van der Waals surface area contributed by atoms with E-state index in [0.717, 1.165) is 60.9 Å². The van der Waals surface area contributed by atoms with Crippen LogP contribution in [-0.2, 0) is 12.8 Å². The molecule has 5 nitrogen and oxygen atoms in total. The van der Waals surface area contributed by atoms with Gasteiger partial charge < -0.3 is 9.64 Å². The molecule has 2 aromatic heterocycles. The summed E-state index contributed by atoms with van der Waals surface area (Å²) in [6.07, 6.45) is 7.27. The average Bonchev–Trinajstić information content (AvgIpc) is 3.32. The number of nitrogens with zero attached hydrogens (tertiary/aromatic N) is 4. The van der Waals surface area contributed by atoms with E-state index in [0.29, 0.717) is 0 Å². The Bertz CT molecular complexity index is 1100. The Kier molecular flexibility index (Phi) is 6.16. The lowest BCUT2D eigenvalue weighted by Gasteiger charge is -2.27. The Hall–Kier alpha value is -2.27. The van der Waals surface area contributed by atoms with Crippen LogP contribution in [0.3, 0.4) is 0 Å². The zero-order valence-corrected chi connectivity index (χ0v) is 19.9. The van der Waals surface area contributed by atoms with Gasteiger partial charge in [-0.2, -0.15) is 9.61 Å². The van der Waals surface area contributed by atoms with Gasteiger partial charge in [0.1, 0.15) is 11.6 Å². The molecule has 2 aliphatic rings. The third-order valence-electron chi connectivity index (χ3n) is 6.61. The number of fused-ring (bicyclic) bond motifs is 2. The van der Waals surface area contributed by atoms with Gasteiger partial charge in [-0.05, 0) is 81.5 Å². The molecule has 6 heteroatoms. The van der Waals surface area contributed by atoms with Crippen molar-refractivity contribution in [2.45, 2.75) is 59.3 Å². The molecule has 0 radical (unpaired) electrons. The van der Waals surface area contributed by atoms with Gasteiger partial charge in [-0.25, -0.2) is 4.98 Å². The highest BCUT2D eigenvalue weighted by Crippen LogP contribution is 2.39. The van der Waals surface area contributed by atoms with Crippen LogP contribution >= 0.6 is 12.4 Å². The number of anilines is 1. The number of hydrogen-bond donors (Lipinski definition) is 0. The molecule has 0 N–H and O–H groups in total. The van der Waals surface area contributed by atoms with Gasteiger partial charge in [0.2, 0.25) is 0 Å². The maximum atomic E-state index is 5.42. The van der Waals surface area contributed by atoms with Crippen LogP contribution in [0.15, 0.2) is 18.2 Å². The maximum absolute atomic E-state index is 5.42. The number of aromatic nitrogens is 3. The second-order valence-electron chi connectivity index (χ2n) is 8.98. The van der Waals surface area contributed by atoms with Crippen LogP contribution in [0, 0.1) is 19.8 Å². The average molecular weight is 441 g/mol. The van der Waals surface area contributed by atoms with Gasteiger partial charge in [-0.1, -0.05) is 13.0 Å². The van der Waals surface area contributed by atoms with Crippen molar-refractivity contribution in [2.75, 3.05) is 25.1 Å². The molecule has 31 heavy (non-hydrogen) atoms. The predicted octanol–water partition coefficient (Wildman–Crippen LogP) is 5.56. The fourth-order valence-electron chi connectivity index (χ4n) is 4.96. The van der Waals surface area contributed by atoms with Gasteiger partial charge in [-0.15, -0.1) is 12.4 Å². The maximum Gasteiger partial charge on any atom is 0.165 e. The van der Waals surface area contributed by atoms with Gasteiger partial charge in [0.15, 0.2) is 5.65 Å². The standard InChI is InChI=1S/C25H32N4O.ClH/c1-5-13-28(15-18-9-10-18)25-21-7-6-8-22(21)26-24-23(17(3)27-29(24)25)20-12-11-19(30-4)14-16(20)2;/h11-12,14,18H,5-10,13,15H2,1-4H3;1H. The number of aryl methyl sites for hydroxylation is 3. The number of halogens is 1. The summed E-state index contributed by atoms with van der Waals surface area (Å²) in [4.78, 5) is 7.78. The number of hydrogen-bond acceptors (Lipinski definition) is 4. The SMILES string of the molecule is CCCN(CC1CC1)c1c2c(nc3c(-c4ccc(OC)cc4C)c(C)nn13)CCC2.Cl. The summed E-state index contributed by atoms with van der Waals surface area (Å²) in [6, 6.07) is 6.29. The van der Waals surface area contributed by atoms with E-state index in [2.05, 4.69) is 42.3 Å². The number of ether oxygens (including phenoxy) is 1. The lowest BCUT2D eigenvalue weighted by atomic mass is 10.0. The fourth-order valence-corrected chi connectivity index (χ4v) is 4.96. The van der Waals surface area contributed by atoms with E-state index in [1.165, 1.54) is 47.5 Å². The van der Waals surface area contributed by atoms with E-state index in [1.54, 1.807) is 7.11 Å². The Morgan fingerprint density at radius 3 is 2.68 bits per heavy atom. The Morgan fingerprint density at radius 1 is 1.19 bits per heavy atom. The molecule has 5 rings (SSSR count). The van der Waals surface area contributed by atoms with E-state index >= 15 is 0 Å². The quantitative estimate of drug-likeness (QED) is 0.482. The third kappa shape index (κ3) is 3.89. The smallest absolute Gasteiger partial charge is 0.165 e. The van der Waals surface area contributed by atoms with Crippen molar-refractivity contribution in [2.24, 2.45) is 5.92 Å². The molecule has 3 aromatic rings. The van der Waals surface area contributed by atoms with E-state index in [-0.39, 0.29) is 12.4 Å². The van der Waals surface area contributed by atoms with Gasteiger partial charge in [-0.3, -0.25) is 0 Å². The molecule has 0 aliphatic heterocycles. The minimum absolute atomic E-state index is 0. The zero-order chi connectivity index (χ0) is 20.8. The molecule has 0 amide bonds. The number of rotatable bonds is 7. The molecule has 0 saturated heterocycles. The Labute approximate surface area is 191 Å². The normalized spacial score (nSPS) is 15.1. The van der Waals surface area contributed by atoms with Gasteiger partial charge in [0.25, 0.3) is 0 Å². The van der Waals surface area contributed by atoms with Crippen molar-refractivity contribution in [3.8, 4) is 16.9 Å². The summed E-state index contributed by atoms with van der Waals surface area (Å²) in [5.41, 5.74) is 8.31. The fraction of sp³-hybridized carbons (Fsp3) is 0.520. The minimum Gasteiger partial charge on any atom is -0.497 e. The second-order valence-corrected chi connectivity index (χ2v) is 8.98. The van der Waals surface area contributed by atoms with Crippen molar-refractivity contribution >= 4 is 23.9 Å². The zero-order valence-electron chi connectivity index (χ0n) is 19.1. The van der Waals surface area contributed by atoms with E-state index < -0.39 is 0 Å². The topological polar surface area (TPSA) is 42.7 Å². The highest BCUT2D eigenvalue weighted by molar-refractivity contribution is 5.85. The molecule has 166 valence electrons. The van der Waals surface area contributed by atoms with Crippen molar-refractivity contribution in [3.05, 3.63) is 40.7 Å². The molecule has 0 bridgehead atoms. The Balaban J connectivity index is 0.00000231. The number of benzene rings is 1. The van der Waals surface area contributed by atoms with Crippen LogP contribution in [0.5, 0.6) is 5.75 Å². The molecular formula is C25H33ClN4O. The molecule has 2 aliphatic carbocycles. The largest absolute Gasteiger partial charge is 0.497 e. The molecule has 2 heterocycles. The van der Waals surface area contributed by atoms with Crippen molar-refractivity contribution in [3.63, 3.8) is 0 Å². The minimum atomic E-state index is 0. The summed E-state index contributed by atoms with van der Waals surface area (Å²) >= 11 is 0. The lowest BCUT2D eigenvalue weighted by molar-refractivity contribution is 0.414. The van der Waals surface area contributed by atoms with Crippen LogP contribution in [0.25, 0.3) is 16.8 Å².